The fraction of sp³-hybridized carbons (Fsp3) is 0.533. The monoisotopic (exact) mass is 277 g/mol. The van der Waals surface area contributed by atoms with Gasteiger partial charge in [-0.05, 0) is 46.8 Å². The van der Waals surface area contributed by atoms with Gasteiger partial charge in [0.2, 0.25) is 5.91 Å². The second-order valence-electron chi connectivity index (χ2n) is 5.89. The highest BCUT2D eigenvalue weighted by atomic mass is 16.7. The van der Waals surface area contributed by atoms with E-state index in [1.54, 1.807) is 0 Å². The van der Waals surface area contributed by atoms with Crippen LogP contribution in [0.2, 0.25) is 6.32 Å². The molecule has 0 spiro atoms. The molecule has 1 aliphatic heterocycles. The standard InChI is InChI=1S/C15H24BNO3/c1-7-13(18)17-12(2)10-8-9-11-16-19-14(3,4)15(5,6)20-16/h7-10H,1,11H2,2-6H3,(H,17,18)/b9-8-,12-10+. The summed E-state index contributed by atoms with van der Waals surface area (Å²) in [6, 6.07) is 0. The van der Waals surface area contributed by atoms with Gasteiger partial charge in [0, 0.05) is 12.0 Å². The normalized spacial score (nSPS) is 21.2. The Morgan fingerprint density at radius 2 is 1.80 bits per heavy atom. The van der Waals surface area contributed by atoms with E-state index in [1.807, 2.05) is 52.8 Å². The Balaban J connectivity index is 2.45. The first-order chi connectivity index (χ1) is 9.18. The van der Waals surface area contributed by atoms with Crippen LogP contribution in [-0.2, 0) is 14.1 Å². The van der Waals surface area contributed by atoms with Crippen LogP contribution >= 0.6 is 0 Å². The van der Waals surface area contributed by atoms with E-state index in [9.17, 15) is 4.79 Å². The molecule has 0 aromatic rings. The largest absolute Gasteiger partial charge is 0.461 e. The molecule has 0 unspecified atom stereocenters. The lowest BCUT2D eigenvalue weighted by atomic mass is 9.85. The molecule has 0 atom stereocenters. The van der Waals surface area contributed by atoms with Crippen molar-refractivity contribution in [2.24, 2.45) is 0 Å². The summed E-state index contributed by atoms with van der Waals surface area (Å²) in [6.45, 7) is 13.4. The van der Waals surface area contributed by atoms with E-state index in [0.29, 0.717) is 6.32 Å². The lowest BCUT2D eigenvalue weighted by molar-refractivity contribution is -0.115. The van der Waals surface area contributed by atoms with Crippen LogP contribution in [0.1, 0.15) is 34.6 Å². The van der Waals surface area contributed by atoms with Gasteiger partial charge in [0.1, 0.15) is 0 Å². The van der Waals surface area contributed by atoms with Crippen LogP contribution in [0.3, 0.4) is 0 Å². The van der Waals surface area contributed by atoms with E-state index in [1.165, 1.54) is 6.08 Å². The number of nitrogens with one attached hydrogen (secondary N) is 1. The second kappa shape index (κ2) is 6.42. The third kappa shape index (κ3) is 4.35. The van der Waals surface area contributed by atoms with Gasteiger partial charge < -0.3 is 14.6 Å². The lowest BCUT2D eigenvalue weighted by Gasteiger charge is -2.32. The molecule has 1 heterocycles. The fourth-order valence-corrected chi connectivity index (χ4v) is 1.75. The van der Waals surface area contributed by atoms with Gasteiger partial charge in [0.05, 0.1) is 11.2 Å². The Morgan fingerprint density at radius 3 is 2.30 bits per heavy atom. The Bertz CT molecular complexity index is 422. The van der Waals surface area contributed by atoms with Crippen molar-refractivity contribution >= 4 is 13.0 Å². The molecule has 0 aliphatic carbocycles. The maximum absolute atomic E-state index is 11.1. The van der Waals surface area contributed by atoms with Crippen LogP contribution in [0.15, 0.2) is 36.6 Å². The van der Waals surface area contributed by atoms with Gasteiger partial charge >= 0.3 is 7.12 Å². The molecular weight excluding hydrogens is 253 g/mol. The van der Waals surface area contributed by atoms with Crippen molar-refractivity contribution < 1.29 is 14.1 Å². The number of rotatable bonds is 5. The second-order valence-corrected chi connectivity index (χ2v) is 5.89. The molecule has 4 nitrogen and oxygen atoms in total. The summed E-state index contributed by atoms with van der Waals surface area (Å²) in [4.78, 5) is 11.1. The minimum atomic E-state index is -0.296. The molecule has 1 amide bonds. The van der Waals surface area contributed by atoms with Crippen molar-refractivity contribution in [3.63, 3.8) is 0 Å². The summed E-state index contributed by atoms with van der Waals surface area (Å²) in [5.41, 5.74) is 0.171. The Morgan fingerprint density at radius 1 is 1.25 bits per heavy atom. The highest BCUT2D eigenvalue weighted by molar-refractivity contribution is 6.46. The van der Waals surface area contributed by atoms with Crippen molar-refractivity contribution in [1.29, 1.82) is 0 Å². The van der Waals surface area contributed by atoms with E-state index < -0.39 is 0 Å². The first kappa shape index (κ1) is 16.7. The van der Waals surface area contributed by atoms with E-state index in [2.05, 4.69) is 11.9 Å². The average molecular weight is 277 g/mol. The molecule has 0 bridgehead atoms. The smallest absolute Gasteiger partial charge is 0.403 e. The maximum Gasteiger partial charge on any atom is 0.461 e. The first-order valence-corrected chi connectivity index (χ1v) is 6.80. The highest BCUT2D eigenvalue weighted by Crippen LogP contribution is 2.37. The van der Waals surface area contributed by atoms with E-state index in [-0.39, 0.29) is 24.2 Å². The molecular formula is C15H24BNO3. The lowest BCUT2D eigenvalue weighted by Crippen LogP contribution is -2.41. The van der Waals surface area contributed by atoms with Gasteiger partial charge in [-0.15, -0.1) is 0 Å². The summed E-state index contributed by atoms with van der Waals surface area (Å²) >= 11 is 0. The molecule has 5 heteroatoms. The predicted octanol–water partition coefficient (Wildman–Crippen LogP) is 2.84. The third-order valence-corrected chi connectivity index (χ3v) is 3.62. The number of amides is 1. The van der Waals surface area contributed by atoms with Crippen LogP contribution in [0.5, 0.6) is 0 Å². The zero-order valence-electron chi connectivity index (χ0n) is 13.0. The maximum atomic E-state index is 11.1. The Kier molecular flexibility index (Phi) is 5.37. The molecule has 0 saturated carbocycles. The predicted molar refractivity (Wildman–Crippen MR) is 82.1 cm³/mol. The summed E-state index contributed by atoms with van der Waals surface area (Å²) in [5, 5.41) is 2.67. The number of allylic oxidation sites excluding steroid dienone is 4. The molecule has 0 radical (unpaired) electrons. The number of hydrogen-bond donors (Lipinski definition) is 1. The van der Waals surface area contributed by atoms with Crippen molar-refractivity contribution in [3.8, 4) is 0 Å². The number of carbonyl (C=O) groups excluding carboxylic acids is 1. The number of carbonyl (C=O) groups is 1. The summed E-state index contributed by atoms with van der Waals surface area (Å²) in [6.07, 6.45) is 7.58. The third-order valence-electron chi connectivity index (χ3n) is 3.62. The molecule has 1 rings (SSSR count). The van der Waals surface area contributed by atoms with Crippen molar-refractivity contribution in [1.82, 2.24) is 5.32 Å². The molecule has 20 heavy (non-hydrogen) atoms. The molecule has 1 aliphatic rings. The molecule has 0 aromatic carbocycles. The van der Waals surface area contributed by atoms with Crippen LogP contribution < -0.4 is 5.32 Å². The van der Waals surface area contributed by atoms with Crippen LogP contribution in [0, 0.1) is 0 Å². The molecule has 1 fully saturated rings. The van der Waals surface area contributed by atoms with Crippen LogP contribution in [0.25, 0.3) is 0 Å². The minimum Gasteiger partial charge on any atom is -0.403 e. The zero-order chi connectivity index (χ0) is 15.4. The van der Waals surface area contributed by atoms with Crippen molar-refractivity contribution in [3.05, 3.63) is 36.6 Å². The average Bonchev–Trinajstić information content (AvgIpc) is 2.53. The van der Waals surface area contributed by atoms with Crippen molar-refractivity contribution in [2.75, 3.05) is 0 Å². The molecule has 1 saturated heterocycles. The number of hydrogen-bond acceptors (Lipinski definition) is 3. The summed E-state index contributed by atoms with van der Waals surface area (Å²) < 4.78 is 11.8. The Labute approximate surface area is 122 Å². The quantitative estimate of drug-likeness (QED) is 0.477. The molecule has 0 aromatic heterocycles. The topological polar surface area (TPSA) is 47.6 Å². The SMILES string of the molecule is C=CC(=O)N/C(C)=C/C=C\CB1OC(C)(C)C(C)(C)O1. The van der Waals surface area contributed by atoms with Gasteiger partial charge in [-0.3, -0.25) is 4.79 Å². The summed E-state index contributed by atoms with van der Waals surface area (Å²) in [5.74, 6) is -0.210. The highest BCUT2D eigenvalue weighted by Gasteiger charge is 2.50. The zero-order valence-corrected chi connectivity index (χ0v) is 13.0. The molecule has 110 valence electrons. The van der Waals surface area contributed by atoms with Gasteiger partial charge in [0.25, 0.3) is 0 Å². The molecule has 1 N–H and O–H groups in total. The van der Waals surface area contributed by atoms with Crippen LogP contribution in [0.4, 0.5) is 0 Å². The Hall–Kier alpha value is -1.33. The van der Waals surface area contributed by atoms with E-state index in [0.717, 1.165) is 5.70 Å². The van der Waals surface area contributed by atoms with E-state index >= 15 is 0 Å². The minimum absolute atomic E-state index is 0.210. The van der Waals surface area contributed by atoms with Crippen molar-refractivity contribution in [2.45, 2.75) is 52.1 Å². The van der Waals surface area contributed by atoms with Crippen LogP contribution in [-0.4, -0.2) is 24.2 Å². The first-order valence-electron chi connectivity index (χ1n) is 6.80. The fourth-order valence-electron chi connectivity index (χ4n) is 1.75. The summed E-state index contributed by atoms with van der Waals surface area (Å²) in [7, 11) is -0.229. The van der Waals surface area contributed by atoms with Gasteiger partial charge in [0.15, 0.2) is 0 Å². The van der Waals surface area contributed by atoms with Gasteiger partial charge in [-0.1, -0.05) is 18.7 Å². The van der Waals surface area contributed by atoms with Gasteiger partial charge in [-0.2, -0.15) is 0 Å². The van der Waals surface area contributed by atoms with E-state index in [4.69, 9.17) is 9.31 Å². The van der Waals surface area contributed by atoms with Gasteiger partial charge in [-0.25, -0.2) is 0 Å².